The van der Waals surface area contributed by atoms with Crippen molar-refractivity contribution in [1.29, 1.82) is 0 Å². The highest BCUT2D eigenvalue weighted by atomic mass is 79.9. The predicted octanol–water partition coefficient (Wildman–Crippen LogP) is 5.77. The molecule has 1 N–H and O–H groups in total. The molecule has 6 heteroatoms. The van der Waals surface area contributed by atoms with Crippen LogP contribution in [0.1, 0.15) is 32.4 Å². The van der Waals surface area contributed by atoms with E-state index in [1.165, 1.54) is 0 Å². The molecule has 3 nitrogen and oxygen atoms in total. The maximum Gasteiger partial charge on any atom is 0.163 e. The zero-order chi connectivity index (χ0) is 15.6. The van der Waals surface area contributed by atoms with Crippen LogP contribution in [-0.2, 0) is 0 Å². The second kappa shape index (κ2) is 6.95. The van der Waals surface area contributed by atoms with Crippen LogP contribution in [-0.4, -0.2) is 16.5 Å². The summed E-state index contributed by atoms with van der Waals surface area (Å²) in [6.45, 7) is 6.98. The molecule has 1 aromatic heterocycles. The van der Waals surface area contributed by atoms with Crippen LogP contribution in [0.3, 0.4) is 0 Å². The lowest BCUT2D eigenvalue weighted by Gasteiger charge is -2.15. The number of rotatable bonds is 4. The summed E-state index contributed by atoms with van der Waals surface area (Å²) >= 11 is 15.9. The van der Waals surface area contributed by atoms with E-state index in [-0.39, 0.29) is 5.92 Å². The van der Waals surface area contributed by atoms with E-state index < -0.39 is 0 Å². The van der Waals surface area contributed by atoms with E-state index in [2.05, 4.69) is 45.1 Å². The van der Waals surface area contributed by atoms with E-state index >= 15 is 0 Å². The summed E-state index contributed by atoms with van der Waals surface area (Å²) in [5, 5.41) is 4.43. The van der Waals surface area contributed by atoms with Crippen LogP contribution >= 0.6 is 39.1 Å². The Morgan fingerprint density at radius 2 is 1.95 bits per heavy atom. The van der Waals surface area contributed by atoms with Gasteiger partial charge in [0.2, 0.25) is 0 Å². The molecule has 0 unspecified atom stereocenters. The standard InChI is InChI=1S/C15H16BrCl2N3/c1-4-19-15-12(16)13(8(2)3)20-14(21-15)10-7-9(17)5-6-11(10)18/h5-8H,4H2,1-3H3,(H,19,20,21). The van der Waals surface area contributed by atoms with Crippen LogP contribution in [0.25, 0.3) is 11.4 Å². The molecule has 0 radical (unpaired) electrons. The fourth-order valence-electron chi connectivity index (χ4n) is 1.92. The molecule has 0 amide bonds. The summed E-state index contributed by atoms with van der Waals surface area (Å²) in [5.41, 5.74) is 1.67. The van der Waals surface area contributed by atoms with E-state index in [0.717, 1.165) is 28.1 Å². The molecule has 2 aromatic rings. The van der Waals surface area contributed by atoms with Gasteiger partial charge >= 0.3 is 0 Å². The van der Waals surface area contributed by atoms with Crippen LogP contribution < -0.4 is 5.32 Å². The number of nitrogens with one attached hydrogen (secondary N) is 1. The van der Waals surface area contributed by atoms with Gasteiger partial charge in [-0.3, -0.25) is 0 Å². The molecular weight excluding hydrogens is 373 g/mol. The van der Waals surface area contributed by atoms with Gasteiger partial charge in [0.15, 0.2) is 5.82 Å². The number of aromatic nitrogens is 2. The number of benzene rings is 1. The Balaban J connectivity index is 2.65. The Labute approximate surface area is 143 Å². The summed E-state index contributed by atoms with van der Waals surface area (Å²) in [4.78, 5) is 9.21. The van der Waals surface area contributed by atoms with E-state index in [0.29, 0.717) is 15.9 Å². The molecule has 112 valence electrons. The summed E-state index contributed by atoms with van der Waals surface area (Å²) in [6.07, 6.45) is 0. The van der Waals surface area contributed by atoms with Gasteiger partial charge in [-0.1, -0.05) is 37.0 Å². The lowest BCUT2D eigenvalue weighted by molar-refractivity contribution is 0.809. The van der Waals surface area contributed by atoms with Gasteiger partial charge in [-0.25, -0.2) is 9.97 Å². The number of halogens is 3. The Morgan fingerprint density at radius 1 is 1.24 bits per heavy atom. The molecular formula is C15H16BrCl2N3. The molecule has 0 saturated heterocycles. The van der Waals surface area contributed by atoms with Crippen LogP contribution in [0.5, 0.6) is 0 Å². The maximum atomic E-state index is 6.26. The van der Waals surface area contributed by atoms with Crippen molar-refractivity contribution in [3.05, 3.63) is 38.4 Å². The highest BCUT2D eigenvalue weighted by Crippen LogP contribution is 2.34. The van der Waals surface area contributed by atoms with Crippen molar-refractivity contribution in [2.24, 2.45) is 0 Å². The van der Waals surface area contributed by atoms with Crippen molar-refractivity contribution in [2.45, 2.75) is 26.7 Å². The largest absolute Gasteiger partial charge is 0.369 e. The van der Waals surface area contributed by atoms with Gasteiger partial charge in [-0.2, -0.15) is 0 Å². The average molecular weight is 389 g/mol. The summed E-state index contributed by atoms with van der Waals surface area (Å²) in [7, 11) is 0. The maximum absolute atomic E-state index is 6.26. The molecule has 0 aliphatic carbocycles. The fraction of sp³-hybridized carbons (Fsp3) is 0.333. The first-order valence-electron chi connectivity index (χ1n) is 6.70. The molecule has 0 spiro atoms. The quantitative estimate of drug-likeness (QED) is 0.722. The summed E-state index contributed by atoms with van der Waals surface area (Å²) in [6, 6.07) is 5.29. The van der Waals surface area contributed by atoms with Crippen LogP contribution in [0.15, 0.2) is 22.7 Å². The van der Waals surface area contributed by atoms with Gasteiger partial charge in [-0.05, 0) is 47.0 Å². The number of hydrogen-bond acceptors (Lipinski definition) is 3. The zero-order valence-corrected chi connectivity index (χ0v) is 15.1. The predicted molar refractivity (Wildman–Crippen MR) is 93.4 cm³/mol. The zero-order valence-electron chi connectivity index (χ0n) is 12.0. The fourth-order valence-corrected chi connectivity index (χ4v) is 3.07. The molecule has 0 bridgehead atoms. The lowest BCUT2D eigenvalue weighted by Crippen LogP contribution is -2.07. The number of anilines is 1. The Bertz CT molecular complexity index is 660. The third-order valence-electron chi connectivity index (χ3n) is 2.94. The van der Waals surface area contributed by atoms with Gasteiger partial charge in [0.1, 0.15) is 5.82 Å². The van der Waals surface area contributed by atoms with Crippen LogP contribution in [0, 0.1) is 0 Å². The minimum atomic E-state index is 0.261. The van der Waals surface area contributed by atoms with Crippen molar-refractivity contribution < 1.29 is 0 Å². The first-order valence-corrected chi connectivity index (χ1v) is 8.25. The van der Waals surface area contributed by atoms with Crippen molar-refractivity contribution in [1.82, 2.24) is 9.97 Å². The van der Waals surface area contributed by atoms with Gasteiger partial charge in [-0.15, -0.1) is 0 Å². The molecule has 0 saturated carbocycles. The highest BCUT2D eigenvalue weighted by molar-refractivity contribution is 9.10. The van der Waals surface area contributed by atoms with Gasteiger partial charge in [0, 0.05) is 17.1 Å². The molecule has 21 heavy (non-hydrogen) atoms. The SMILES string of the molecule is CCNc1nc(-c2cc(Cl)ccc2Cl)nc(C(C)C)c1Br. The molecule has 0 aliphatic rings. The third kappa shape index (κ3) is 3.68. The van der Waals surface area contributed by atoms with Crippen molar-refractivity contribution >= 4 is 44.9 Å². The molecule has 0 aliphatic heterocycles. The smallest absolute Gasteiger partial charge is 0.163 e. The topological polar surface area (TPSA) is 37.8 Å². The van der Waals surface area contributed by atoms with Gasteiger partial charge in [0.25, 0.3) is 0 Å². The normalized spacial score (nSPS) is 11.0. The molecule has 1 aromatic carbocycles. The van der Waals surface area contributed by atoms with Crippen molar-refractivity contribution in [3.8, 4) is 11.4 Å². The van der Waals surface area contributed by atoms with Crippen LogP contribution in [0.4, 0.5) is 5.82 Å². The first kappa shape index (κ1) is 16.5. The number of hydrogen-bond donors (Lipinski definition) is 1. The highest BCUT2D eigenvalue weighted by Gasteiger charge is 2.17. The van der Waals surface area contributed by atoms with Crippen molar-refractivity contribution in [3.63, 3.8) is 0 Å². The second-order valence-corrected chi connectivity index (χ2v) is 6.54. The molecule has 0 atom stereocenters. The lowest BCUT2D eigenvalue weighted by atomic mass is 10.1. The van der Waals surface area contributed by atoms with E-state index in [1.807, 2.05) is 6.92 Å². The van der Waals surface area contributed by atoms with Gasteiger partial charge in [0.05, 0.1) is 15.2 Å². The van der Waals surface area contributed by atoms with E-state index in [1.54, 1.807) is 18.2 Å². The molecule has 2 rings (SSSR count). The monoisotopic (exact) mass is 387 g/mol. The second-order valence-electron chi connectivity index (χ2n) is 4.90. The van der Waals surface area contributed by atoms with Crippen LogP contribution in [0.2, 0.25) is 10.0 Å². The van der Waals surface area contributed by atoms with Gasteiger partial charge < -0.3 is 5.32 Å². The average Bonchev–Trinajstić information content (AvgIpc) is 2.43. The molecule has 1 heterocycles. The molecule has 0 fully saturated rings. The Morgan fingerprint density at radius 3 is 2.57 bits per heavy atom. The van der Waals surface area contributed by atoms with E-state index in [9.17, 15) is 0 Å². The first-order chi connectivity index (χ1) is 9.93. The minimum Gasteiger partial charge on any atom is -0.369 e. The Hall–Kier alpha value is -0.840. The summed E-state index contributed by atoms with van der Waals surface area (Å²) in [5.74, 6) is 1.60. The van der Waals surface area contributed by atoms with Crippen molar-refractivity contribution in [2.75, 3.05) is 11.9 Å². The van der Waals surface area contributed by atoms with E-state index in [4.69, 9.17) is 23.2 Å². The number of nitrogens with zero attached hydrogens (tertiary/aromatic N) is 2. The summed E-state index contributed by atoms with van der Waals surface area (Å²) < 4.78 is 0.890. The third-order valence-corrected chi connectivity index (χ3v) is 4.28. The minimum absolute atomic E-state index is 0.261. The Kier molecular flexibility index (Phi) is 5.47.